The number of aromatic nitrogens is 2. The molecule has 1 saturated heterocycles. The first-order valence-electron chi connectivity index (χ1n) is 12.3. The molecular formula is C30H26FN3O2S2. The highest BCUT2D eigenvalue weighted by molar-refractivity contribution is 8.26. The molecule has 0 bridgehead atoms. The van der Waals surface area contributed by atoms with E-state index in [2.05, 4.69) is 0 Å². The molecule has 38 heavy (non-hydrogen) atoms. The largest absolute Gasteiger partial charge is 0.489 e. The molecule has 1 aromatic heterocycles. The molecule has 5 nitrogen and oxygen atoms in total. The van der Waals surface area contributed by atoms with E-state index >= 15 is 0 Å². The molecule has 1 atom stereocenters. The maximum absolute atomic E-state index is 13.2. The lowest BCUT2D eigenvalue weighted by atomic mass is 10.1. The Kier molecular flexibility index (Phi) is 7.72. The average Bonchev–Trinajstić information content (AvgIpc) is 3.49. The Bertz CT molecular complexity index is 1480. The molecule has 1 unspecified atom stereocenters. The van der Waals surface area contributed by atoms with Gasteiger partial charge in [-0.05, 0) is 73.5 Å². The van der Waals surface area contributed by atoms with Gasteiger partial charge in [0.15, 0.2) is 0 Å². The summed E-state index contributed by atoms with van der Waals surface area (Å²) < 4.78 is 21.4. The van der Waals surface area contributed by atoms with Crippen molar-refractivity contribution in [3.8, 4) is 22.7 Å². The summed E-state index contributed by atoms with van der Waals surface area (Å²) in [6.45, 7) is 4.39. The van der Waals surface area contributed by atoms with E-state index < -0.39 is 0 Å². The number of nitrogens with zero attached hydrogens (tertiary/aromatic N) is 3. The van der Waals surface area contributed by atoms with Crippen LogP contribution in [-0.4, -0.2) is 30.9 Å². The minimum absolute atomic E-state index is 0.0439. The van der Waals surface area contributed by atoms with Gasteiger partial charge in [0, 0.05) is 23.4 Å². The predicted octanol–water partition coefficient (Wildman–Crippen LogP) is 7.26. The first-order valence-corrected chi connectivity index (χ1v) is 13.5. The Balaban J connectivity index is 1.45. The molecule has 4 aromatic rings. The van der Waals surface area contributed by atoms with Gasteiger partial charge in [-0.3, -0.25) is 9.69 Å². The molecule has 3 aromatic carbocycles. The van der Waals surface area contributed by atoms with Gasteiger partial charge in [0.2, 0.25) is 0 Å². The number of rotatable bonds is 8. The molecule has 0 spiro atoms. The van der Waals surface area contributed by atoms with E-state index in [0.717, 1.165) is 34.5 Å². The van der Waals surface area contributed by atoms with Crippen molar-refractivity contribution in [2.75, 3.05) is 0 Å². The number of amides is 1. The third kappa shape index (κ3) is 5.56. The van der Waals surface area contributed by atoms with Crippen LogP contribution >= 0.6 is 24.0 Å². The van der Waals surface area contributed by atoms with E-state index in [4.69, 9.17) is 22.1 Å². The number of hydrogen-bond donors (Lipinski definition) is 0. The highest BCUT2D eigenvalue weighted by Gasteiger charge is 2.35. The topological polar surface area (TPSA) is 47.4 Å². The lowest BCUT2D eigenvalue weighted by molar-refractivity contribution is -0.123. The van der Waals surface area contributed by atoms with Crippen LogP contribution in [0.3, 0.4) is 0 Å². The van der Waals surface area contributed by atoms with Crippen molar-refractivity contribution in [3.63, 3.8) is 0 Å². The van der Waals surface area contributed by atoms with E-state index in [1.54, 1.807) is 17.0 Å². The smallest absolute Gasteiger partial charge is 0.266 e. The van der Waals surface area contributed by atoms with Crippen molar-refractivity contribution in [2.45, 2.75) is 32.9 Å². The van der Waals surface area contributed by atoms with E-state index in [1.165, 1.54) is 23.9 Å². The van der Waals surface area contributed by atoms with Gasteiger partial charge in [0.05, 0.1) is 16.3 Å². The maximum atomic E-state index is 13.2. The van der Waals surface area contributed by atoms with Gasteiger partial charge >= 0.3 is 0 Å². The van der Waals surface area contributed by atoms with Crippen LogP contribution in [0.2, 0.25) is 0 Å². The highest BCUT2D eigenvalue weighted by atomic mass is 32.2. The Morgan fingerprint density at radius 3 is 2.45 bits per heavy atom. The van der Waals surface area contributed by atoms with E-state index in [-0.39, 0.29) is 17.8 Å². The minimum Gasteiger partial charge on any atom is -0.489 e. The quantitative estimate of drug-likeness (QED) is 0.173. The SMILES string of the molecule is CCC(C)N1C(=O)/C(=C\c2cn(-c3ccccc3)nc2-c2ccc(OCc3ccc(F)cc3)cc2)SC1=S. The zero-order valence-corrected chi connectivity index (χ0v) is 22.6. The van der Waals surface area contributed by atoms with Crippen molar-refractivity contribution >= 4 is 40.3 Å². The fraction of sp³-hybridized carbons (Fsp3) is 0.167. The van der Waals surface area contributed by atoms with Crippen molar-refractivity contribution in [3.05, 3.63) is 107 Å². The zero-order chi connectivity index (χ0) is 26.6. The van der Waals surface area contributed by atoms with Gasteiger partial charge in [0.25, 0.3) is 5.91 Å². The van der Waals surface area contributed by atoms with Crippen molar-refractivity contribution in [1.29, 1.82) is 0 Å². The second-order valence-corrected chi connectivity index (χ2v) is 10.6. The minimum atomic E-state index is -0.272. The first-order chi connectivity index (χ1) is 18.4. The van der Waals surface area contributed by atoms with Crippen LogP contribution in [0, 0.1) is 5.82 Å². The number of thiocarbonyl (C=S) groups is 1. The summed E-state index contributed by atoms with van der Waals surface area (Å²) in [5.74, 6) is 0.347. The van der Waals surface area contributed by atoms with E-state index in [1.807, 2.05) is 85.4 Å². The van der Waals surface area contributed by atoms with Crippen LogP contribution < -0.4 is 4.74 Å². The number of benzene rings is 3. The predicted molar refractivity (Wildman–Crippen MR) is 154 cm³/mol. The van der Waals surface area contributed by atoms with E-state index in [9.17, 15) is 9.18 Å². The van der Waals surface area contributed by atoms with Crippen LogP contribution in [0.5, 0.6) is 5.75 Å². The van der Waals surface area contributed by atoms with Gasteiger partial charge < -0.3 is 4.74 Å². The number of hydrogen-bond acceptors (Lipinski definition) is 5. The van der Waals surface area contributed by atoms with Crippen LogP contribution in [0.4, 0.5) is 4.39 Å². The lowest BCUT2D eigenvalue weighted by Crippen LogP contribution is -2.36. The van der Waals surface area contributed by atoms with Crippen molar-refractivity contribution in [1.82, 2.24) is 14.7 Å². The van der Waals surface area contributed by atoms with Crippen LogP contribution in [0.15, 0.2) is 90.0 Å². The summed E-state index contributed by atoms with van der Waals surface area (Å²) in [6, 6.07) is 23.8. The highest BCUT2D eigenvalue weighted by Crippen LogP contribution is 2.36. The number of thioether (sulfide) groups is 1. The van der Waals surface area contributed by atoms with Gasteiger partial charge in [-0.25, -0.2) is 9.07 Å². The molecule has 1 fully saturated rings. The molecule has 1 amide bonds. The molecule has 0 saturated carbocycles. The third-order valence-corrected chi connectivity index (χ3v) is 7.68. The summed E-state index contributed by atoms with van der Waals surface area (Å²) in [6.07, 6.45) is 4.63. The number of carbonyl (C=O) groups is 1. The zero-order valence-electron chi connectivity index (χ0n) is 21.0. The van der Waals surface area contributed by atoms with Gasteiger partial charge in [-0.2, -0.15) is 5.10 Å². The number of para-hydroxylation sites is 1. The summed E-state index contributed by atoms with van der Waals surface area (Å²) in [5.41, 5.74) is 4.25. The number of ether oxygens (including phenoxy) is 1. The van der Waals surface area contributed by atoms with Crippen molar-refractivity contribution in [2.24, 2.45) is 0 Å². The molecular weight excluding hydrogens is 517 g/mol. The summed E-state index contributed by atoms with van der Waals surface area (Å²) >= 11 is 6.84. The first kappa shape index (κ1) is 25.9. The van der Waals surface area contributed by atoms with Crippen LogP contribution in [-0.2, 0) is 11.4 Å². The number of halogens is 1. The molecule has 1 aliphatic rings. The Morgan fingerprint density at radius 2 is 1.76 bits per heavy atom. The van der Waals surface area contributed by atoms with Gasteiger partial charge in [0.1, 0.15) is 22.5 Å². The lowest BCUT2D eigenvalue weighted by Gasteiger charge is -2.21. The second-order valence-electron chi connectivity index (χ2n) is 8.96. The average molecular weight is 544 g/mol. The van der Waals surface area contributed by atoms with Crippen molar-refractivity contribution < 1.29 is 13.9 Å². The molecule has 0 aliphatic carbocycles. The molecule has 8 heteroatoms. The molecule has 5 rings (SSSR count). The summed E-state index contributed by atoms with van der Waals surface area (Å²) in [5, 5.41) is 4.87. The van der Waals surface area contributed by atoms with Gasteiger partial charge in [-0.1, -0.05) is 61.2 Å². The molecule has 0 N–H and O–H groups in total. The normalized spacial score (nSPS) is 15.3. The maximum Gasteiger partial charge on any atom is 0.266 e. The monoisotopic (exact) mass is 543 g/mol. The van der Waals surface area contributed by atoms with Crippen LogP contribution in [0.25, 0.3) is 23.0 Å². The molecule has 192 valence electrons. The second kappa shape index (κ2) is 11.3. The molecule has 0 radical (unpaired) electrons. The number of carbonyl (C=O) groups excluding carboxylic acids is 1. The standard InChI is InChI=1S/C30H26FN3O2S2/c1-3-20(2)34-29(35)27(38-30(34)37)17-23-18-33(25-7-5-4-6-8-25)32-28(23)22-11-15-26(16-12-22)36-19-21-9-13-24(31)14-10-21/h4-18,20H,3,19H2,1-2H3/b27-17+. The molecule has 2 heterocycles. The summed E-state index contributed by atoms with van der Waals surface area (Å²) in [4.78, 5) is 15.5. The Hall–Kier alpha value is -3.75. The van der Waals surface area contributed by atoms with Gasteiger partial charge in [-0.15, -0.1) is 0 Å². The van der Waals surface area contributed by atoms with E-state index in [0.29, 0.717) is 21.6 Å². The van der Waals surface area contributed by atoms with Crippen LogP contribution in [0.1, 0.15) is 31.4 Å². The fourth-order valence-corrected chi connectivity index (χ4v) is 5.52. The summed E-state index contributed by atoms with van der Waals surface area (Å²) in [7, 11) is 0. The Labute approximate surface area is 230 Å². The Morgan fingerprint density at radius 1 is 1.05 bits per heavy atom. The fourth-order valence-electron chi connectivity index (χ4n) is 4.07. The third-order valence-electron chi connectivity index (χ3n) is 6.35. The molecule has 1 aliphatic heterocycles.